The maximum absolute atomic E-state index is 12.1. The first kappa shape index (κ1) is 19.7. The molecule has 2 heterocycles. The summed E-state index contributed by atoms with van der Waals surface area (Å²) < 4.78 is 7.02. The zero-order chi connectivity index (χ0) is 20.8. The Morgan fingerprint density at radius 2 is 2.07 bits per heavy atom. The molecule has 4 aliphatic carbocycles. The number of carbonyl (C=O) groups excluding carboxylic acids is 1. The fraction of sp³-hybridized carbons (Fsp3) is 0.815. The van der Waals surface area contributed by atoms with Gasteiger partial charge in [0.05, 0.1) is 11.7 Å². The molecule has 2 aliphatic heterocycles. The molecule has 9 atom stereocenters. The topological polar surface area (TPSA) is 38.3 Å². The van der Waals surface area contributed by atoms with Crippen molar-refractivity contribution in [1.29, 1.82) is 0 Å². The van der Waals surface area contributed by atoms with E-state index in [0.29, 0.717) is 29.8 Å². The molecule has 1 spiro atoms. The van der Waals surface area contributed by atoms with Gasteiger partial charge in [-0.2, -0.15) is 0 Å². The third-order valence-corrected chi connectivity index (χ3v) is 10.7. The minimum absolute atomic E-state index is 0.0363. The van der Waals surface area contributed by atoms with Crippen molar-refractivity contribution in [1.82, 2.24) is 5.32 Å². The van der Waals surface area contributed by atoms with Gasteiger partial charge in [-0.3, -0.25) is 4.79 Å². The van der Waals surface area contributed by atoms with E-state index in [4.69, 9.17) is 4.74 Å². The molecule has 30 heavy (non-hydrogen) atoms. The Labute approximate surface area is 182 Å². The van der Waals surface area contributed by atoms with Gasteiger partial charge in [0.15, 0.2) is 0 Å². The summed E-state index contributed by atoms with van der Waals surface area (Å²) in [5, 5.41) is 3.84. The summed E-state index contributed by atoms with van der Waals surface area (Å²) >= 11 is 0. The van der Waals surface area contributed by atoms with Crippen LogP contribution in [0.3, 0.4) is 0 Å². The number of ketones is 1. The van der Waals surface area contributed by atoms with Gasteiger partial charge in [0.25, 0.3) is 0 Å². The minimum Gasteiger partial charge on any atom is -0.365 e. The molecular formula is C27H39NO2. The number of fused-ring (bicyclic) bond motifs is 6. The van der Waals surface area contributed by atoms with E-state index in [1.165, 1.54) is 37.7 Å². The van der Waals surface area contributed by atoms with E-state index in [9.17, 15) is 4.79 Å². The van der Waals surface area contributed by atoms with Crippen LogP contribution in [0.15, 0.2) is 22.8 Å². The van der Waals surface area contributed by atoms with E-state index >= 15 is 0 Å². The molecule has 0 radical (unpaired) electrons. The number of allylic oxidation sites excluding steroid dienone is 3. The van der Waals surface area contributed by atoms with E-state index in [0.717, 1.165) is 43.6 Å². The first-order chi connectivity index (χ1) is 14.3. The smallest absolute Gasteiger partial charge is 0.136 e. The van der Waals surface area contributed by atoms with Gasteiger partial charge in [0, 0.05) is 24.8 Å². The molecule has 0 aromatic heterocycles. The number of nitrogens with one attached hydrogen (secondary N) is 1. The number of Topliss-reactive ketones (excluding diaryl/α,β-unsaturated/α-hetero) is 1. The first-order valence-electron chi connectivity index (χ1n) is 12.7. The van der Waals surface area contributed by atoms with E-state index in [2.05, 4.69) is 39.1 Å². The Hall–Kier alpha value is -0.930. The largest absolute Gasteiger partial charge is 0.365 e. The number of carbonyl (C=O) groups is 1. The summed E-state index contributed by atoms with van der Waals surface area (Å²) in [7, 11) is 0. The van der Waals surface area contributed by atoms with Gasteiger partial charge in [-0.1, -0.05) is 38.0 Å². The maximum Gasteiger partial charge on any atom is 0.136 e. The van der Waals surface area contributed by atoms with Crippen LogP contribution in [0.25, 0.3) is 0 Å². The highest BCUT2D eigenvalue weighted by Crippen LogP contribution is 2.64. The van der Waals surface area contributed by atoms with Gasteiger partial charge < -0.3 is 10.1 Å². The van der Waals surface area contributed by atoms with Crippen LogP contribution in [0.1, 0.15) is 79.1 Å². The molecule has 0 amide bonds. The van der Waals surface area contributed by atoms with Crippen LogP contribution in [-0.4, -0.2) is 30.1 Å². The predicted molar refractivity (Wildman–Crippen MR) is 119 cm³/mol. The zero-order valence-electron chi connectivity index (χ0n) is 19.3. The average molecular weight is 410 g/mol. The zero-order valence-corrected chi connectivity index (χ0v) is 19.3. The van der Waals surface area contributed by atoms with Crippen molar-refractivity contribution >= 4 is 5.78 Å². The Morgan fingerprint density at radius 1 is 1.23 bits per heavy atom. The summed E-state index contributed by atoms with van der Waals surface area (Å²) in [6.45, 7) is 10.9. The Balaban J connectivity index is 1.34. The van der Waals surface area contributed by atoms with Crippen molar-refractivity contribution in [3.05, 3.63) is 22.8 Å². The van der Waals surface area contributed by atoms with Crippen LogP contribution in [0.2, 0.25) is 0 Å². The van der Waals surface area contributed by atoms with E-state index in [1.807, 2.05) is 0 Å². The van der Waals surface area contributed by atoms with Crippen LogP contribution in [-0.2, 0) is 9.53 Å². The predicted octanol–water partition coefficient (Wildman–Crippen LogP) is 5.21. The lowest BCUT2D eigenvalue weighted by atomic mass is 9.57. The molecule has 3 nitrogen and oxygen atoms in total. The van der Waals surface area contributed by atoms with Crippen LogP contribution in [0, 0.1) is 35.0 Å². The molecule has 4 fully saturated rings. The molecule has 6 rings (SSSR count). The van der Waals surface area contributed by atoms with Gasteiger partial charge in [-0.15, -0.1) is 0 Å². The van der Waals surface area contributed by atoms with E-state index in [-0.39, 0.29) is 11.0 Å². The number of piperidine rings is 1. The summed E-state index contributed by atoms with van der Waals surface area (Å²) in [5.41, 5.74) is 5.04. The third kappa shape index (κ3) is 2.48. The molecule has 0 aromatic rings. The highest BCUT2D eigenvalue weighted by molar-refractivity contribution is 5.82. The number of rotatable bonds is 0. The molecule has 0 bridgehead atoms. The fourth-order valence-corrected chi connectivity index (χ4v) is 8.92. The SMILES string of the molecule is CC1=C2C[C@H]3[C@@H](CC=C4CC(=O)CC[C@@]43C)[C@@H]2CC[C@]12O[C@@H]1C[C@H](C)CN[C@H]1[C@H]2C. The van der Waals surface area contributed by atoms with Crippen LogP contribution in [0.4, 0.5) is 0 Å². The summed E-state index contributed by atoms with van der Waals surface area (Å²) in [5.74, 6) is 3.99. The van der Waals surface area contributed by atoms with Crippen LogP contribution < -0.4 is 5.32 Å². The molecule has 3 heteroatoms. The molecule has 164 valence electrons. The number of hydrogen-bond donors (Lipinski definition) is 1. The molecular weight excluding hydrogens is 370 g/mol. The summed E-state index contributed by atoms with van der Waals surface area (Å²) in [4.78, 5) is 12.1. The van der Waals surface area contributed by atoms with Crippen LogP contribution in [0.5, 0.6) is 0 Å². The monoisotopic (exact) mass is 409 g/mol. The first-order valence-corrected chi connectivity index (χ1v) is 12.7. The quantitative estimate of drug-likeness (QED) is 0.558. The second-order valence-corrected chi connectivity index (χ2v) is 12.0. The van der Waals surface area contributed by atoms with Gasteiger partial charge >= 0.3 is 0 Å². The van der Waals surface area contributed by atoms with E-state index < -0.39 is 0 Å². The molecule has 0 aromatic carbocycles. The Morgan fingerprint density at radius 3 is 2.90 bits per heavy atom. The van der Waals surface area contributed by atoms with Gasteiger partial charge in [0.2, 0.25) is 0 Å². The Bertz CT molecular complexity index is 842. The fourth-order valence-electron chi connectivity index (χ4n) is 8.92. The van der Waals surface area contributed by atoms with E-state index in [1.54, 1.807) is 11.1 Å². The van der Waals surface area contributed by atoms with Gasteiger partial charge in [-0.25, -0.2) is 0 Å². The van der Waals surface area contributed by atoms with Crippen LogP contribution >= 0.6 is 0 Å². The maximum atomic E-state index is 12.1. The molecule has 1 N–H and O–H groups in total. The molecule has 2 saturated heterocycles. The summed E-state index contributed by atoms with van der Waals surface area (Å²) in [6.07, 6.45) is 11.6. The molecule has 2 saturated carbocycles. The van der Waals surface area contributed by atoms with Crippen molar-refractivity contribution in [2.45, 2.75) is 96.8 Å². The highest BCUT2D eigenvalue weighted by atomic mass is 16.5. The number of hydrogen-bond acceptors (Lipinski definition) is 3. The standard InChI is InChI=1S/C27H39NO2/c1-15-11-24-25(28-14-15)17(3)27(30-24)10-8-20-21-6-5-18-12-19(29)7-9-26(18,4)23(21)13-22(20)16(27)2/h5,15,17,20-21,23-25,28H,6-14H2,1-4H3/t15-,17+,20-,21-,23-,24+,25-,26-,27-/m0/s1. The lowest BCUT2D eigenvalue weighted by Crippen LogP contribution is -2.49. The van der Waals surface area contributed by atoms with Crippen molar-refractivity contribution < 1.29 is 9.53 Å². The Kier molecular flexibility index (Phi) is 4.30. The molecule has 6 aliphatic rings. The highest BCUT2D eigenvalue weighted by Gasteiger charge is 2.60. The second kappa shape index (κ2) is 6.54. The average Bonchev–Trinajstić information content (AvgIpc) is 3.23. The number of ether oxygens (including phenoxy) is 1. The summed E-state index contributed by atoms with van der Waals surface area (Å²) in [6, 6.07) is 0.520. The van der Waals surface area contributed by atoms with Crippen molar-refractivity contribution in [2.24, 2.45) is 35.0 Å². The normalized spacial score (nSPS) is 52.6. The van der Waals surface area contributed by atoms with Gasteiger partial charge in [-0.05, 0) is 86.7 Å². The van der Waals surface area contributed by atoms with Crippen molar-refractivity contribution in [3.8, 4) is 0 Å². The third-order valence-electron chi connectivity index (χ3n) is 10.7. The second-order valence-electron chi connectivity index (χ2n) is 12.0. The lowest BCUT2D eigenvalue weighted by Gasteiger charge is -2.47. The van der Waals surface area contributed by atoms with Crippen molar-refractivity contribution in [3.63, 3.8) is 0 Å². The van der Waals surface area contributed by atoms with Gasteiger partial charge in [0.1, 0.15) is 5.78 Å². The minimum atomic E-state index is -0.0363. The lowest BCUT2D eigenvalue weighted by molar-refractivity contribution is -0.121. The van der Waals surface area contributed by atoms with Crippen molar-refractivity contribution in [2.75, 3.05) is 6.54 Å². The molecule has 0 unspecified atom stereocenters.